The quantitative estimate of drug-likeness (QED) is 0.265. The number of carbonyl (C=O) groups is 1. The van der Waals surface area contributed by atoms with Crippen molar-refractivity contribution < 1.29 is 9.53 Å². The molecule has 0 aromatic heterocycles. The lowest BCUT2D eigenvalue weighted by molar-refractivity contribution is -0.122. The fourth-order valence-corrected chi connectivity index (χ4v) is 1.91. The van der Waals surface area contributed by atoms with Gasteiger partial charge < -0.3 is 21.1 Å². The van der Waals surface area contributed by atoms with Gasteiger partial charge in [-0.3, -0.25) is 9.79 Å². The third kappa shape index (κ3) is 6.42. The highest BCUT2D eigenvalue weighted by Gasteiger charge is 2.28. The van der Waals surface area contributed by atoms with Crippen molar-refractivity contribution in [3.63, 3.8) is 0 Å². The highest BCUT2D eigenvalue weighted by atomic mass is 127. The van der Waals surface area contributed by atoms with E-state index in [2.05, 4.69) is 15.6 Å². The average Bonchev–Trinajstić information content (AvgIpc) is 3.09. The fraction of sp³-hybridized carbons (Fsp3) is 0.833. The van der Waals surface area contributed by atoms with E-state index in [1.807, 2.05) is 0 Å². The van der Waals surface area contributed by atoms with Crippen molar-refractivity contribution in [3.8, 4) is 0 Å². The van der Waals surface area contributed by atoms with Crippen LogP contribution >= 0.6 is 24.0 Å². The molecule has 1 saturated heterocycles. The topological polar surface area (TPSA) is 88.7 Å². The van der Waals surface area contributed by atoms with Crippen LogP contribution in [0, 0.1) is 5.92 Å². The van der Waals surface area contributed by atoms with Crippen molar-refractivity contribution in [2.75, 3.05) is 26.2 Å². The number of rotatable bonds is 6. The molecule has 0 spiro atoms. The maximum atomic E-state index is 11.3. The summed E-state index contributed by atoms with van der Waals surface area (Å²) in [7, 11) is 0. The minimum absolute atomic E-state index is 0. The normalized spacial score (nSPS) is 22.7. The van der Waals surface area contributed by atoms with Crippen molar-refractivity contribution in [2.24, 2.45) is 16.6 Å². The van der Waals surface area contributed by atoms with Crippen LogP contribution in [0.15, 0.2) is 4.99 Å². The molecular formula is C12H23IN4O2. The molecule has 110 valence electrons. The van der Waals surface area contributed by atoms with Gasteiger partial charge in [-0.05, 0) is 25.7 Å². The van der Waals surface area contributed by atoms with Crippen LogP contribution in [0.3, 0.4) is 0 Å². The minimum Gasteiger partial charge on any atom is -0.376 e. The molecule has 2 fully saturated rings. The first-order chi connectivity index (χ1) is 8.75. The zero-order valence-corrected chi connectivity index (χ0v) is 13.4. The number of amides is 1. The van der Waals surface area contributed by atoms with Gasteiger partial charge in [0.15, 0.2) is 5.96 Å². The Kier molecular flexibility index (Phi) is 7.44. The second-order valence-corrected chi connectivity index (χ2v) is 4.85. The fourth-order valence-electron chi connectivity index (χ4n) is 1.91. The first kappa shape index (κ1) is 16.5. The summed E-state index contributed by atoms with van der Waals surface area (Å²) in [4.78, 5) is 15.5. The van der Waals surface area contributed by atoms with Gasteiger partial charge in [0.05, 0.1) is 12.6 Å². The third-order valence-corrected chi connectivity index (χ3v) is 3.17. The van der Waals surface area contributed by atoms with Gasteiger partial charge in [0, 0.05) is 25.6 Å². The zero-order valence-electron chi connectivity index (χ0n) is 11.1. The van der Waals surface area contributed by atoms with E-state index in [1.165, 1.54) is 0 Å². The summed E-state index contributed by atoms with van der Waals surface area (Å²) < 4.78 is 5.45. The van der Waals surface area contributed by atoms with Crippen molar-refractivity contribution in [3.05, 3.63) is 0 Å². The van der Waals surface area contributed by atoms with E-state index in [1.54, 1.807) is 0 Å². The van der Waals surface area contributed by atoms with Crippen LogP contribution < -0.4 is 16.4 Å². The van der Waals surface area contributed by atoms with Gasteiger partial charge in [-0.1, -0.05) is 0 Å². The van der Waals surface area contributed by atoms with Crippen LogP contribution in [0.1, 0.15) is 25.7 Å². The van der Waals surface area contributed by atoms with E-state index >= 15 is 0 Å². The Bertz CT molecular complexity index is 315. The van der Waals surface area contributed by atoms with Crippen LogP contribution in [0.4, 0.5) is 0 Å². The van der Waals surface area contributed by atoms with E-state index in [4.69, 9.17) is 10.5 Å². The Morgan fingerprint density at radius 3 is 2.63 bits per heavy atom. The zero-order chi connectivity index (χ0) is 12.8. The SMILES string of the molecule is I.NC(=NCC1CCCO1)NCCNC(=O)C1CC1. The molecule has 19 heavy (non-hydrogen) atoms. The van der Waals surface area contributed by atoms with Crippen LogP contribution in [0.2, 0.25) is 0 Å². The predicted molar refractivity (Wildman–Crippen MR) is 84.6 cm³/mol. The molecule has 6 nitrogen and oxygen atoms in total. The molecule has 0 aromatic rings. The Labute approximate surface area is 130 Å². The van der Waals surface area contributed by atoms with E-state index in [9.17, 15) is 4.79 Å². The molecule has 7 heteroatoms. The maximum Gasteiger partial charge on any atom is 0.223 e. The summed E-state index contributed by atoms with van der Waals surface area (Å²) in [6, 6.07) is 0. The number of hydrogen-bond donors (Lipinski definition) is 3. The molecule has 1 atom stereocenters. The Morgan fingerprint density at radius 1 is 1.26 bits per heavy atom. The van der Waals surface area contributed by atoms with Gasteiger partial charge in [0.25, 0.3) is 0 Å². The van der Waals surface area contributed by atoms with Gasteiger partial charge in [0.1, 0.15) is 0 Å². The summed E-state index contributed by atoms with van der Waals surface area (Å²) in [6.07, 6.45) is 4.46. The van der Waals surface area contributed by atoms with Crippen molar-refractivity contribution in [1.29, 1.82) is 0 Å². The Morgan fingerprint density at radius 2 is 2.00 bits per heavy atom. The standard InChI is InChI=1S/C12H22N4O2.HI/c13-12(16-8-10-2-1-7-18-10)15-6-5-14-11(17)9-3-4-9;/h9-10H,1-8H2,(H,14,17)(H3,13,15,16);1H. The molecule has 0 aromatic carbocycles. The Balaban J connectivity index is 0.00000180. The maximum absolute atomic E-state index is 11.3. The van der Waals surface area contributed by atoms with Gasteiger partial charge in [-0.15, -0.1) is 24.0 Å². The number of nitrogens with one attached hydrogen (secondary N) is 2. The van der Waals surface area contributed by atoms with Gasteiger partial charge in [-0.2, -0.15) is 0 Å². The summed E-state index contributed by atoms with van der Waals surface area (Å²) >= 11 is 0. The van der Waals surface area contributed by atoms with Gasteiger partial charge in [-0.25, -0.2) is 0 Å². The van der Waals surface area contributed by atoms with E-state index in [-0.39, 0.29) is 41.9 Å². The van der Waals surface area contributed by atoms with Crippen LogP contribution in [0.25, 0.3) is 0 Å². The average molecular weight is 382 g/mol. The second kappa shape index (κ2) is 8.57. The van der Waals surface area contributed by atoms with Crippen LogP contribution in [-0.4, -0.2) is 44.2 Å². The lowest BCUT2D eigenvalue weighted by Gasteiger charge is -2.09. The molecule has 1 saturated carbocycles. The Hall–Kier alpha value is -0.570. The molecule has 1 amide bonds. The molecule has 1 aliphatic carbocycles. The van der Waals surface area contributed by atoms with Crippen molar-refractivity contribution in [2.45, 2.75) is 31.8 Å². The van der Waals surface area contributed by atoms with Gasteiger partial charge >= 0.3 is 0 Å². The first-order valence-electron chi connectivity index (χ1n) is 6.69. The number of aliphatic imine (C=N–C) groups is 1. The smallest absolute Gasteiger partial charge is 0.223 e. The number of hydrogen-bond acceptors (Lipinski definition) is 3. The molecule has 0 bridgehead atoms. The highest BCUT2D eigenvalue weighted by Crippen LogP contribution is 2.28. The number of nitrogens with two attached hydrogens (primary N) is 1. The number of guanidine groups is 1. The predicted octanol–water partition coefficient (Wildman–Crippen LogP) is 0.214. The molecule has 2 rings (SSSR count). The largest absolute Gasteiger partial charge is 0.376 e. The van der Waals surface area contributed by atoms with Gasteiger partial charge in [0.2, 0.25) is 5.91 Å². The van der Waals surface area contributed by atoms with E-state index < -0.39 is 0 Å². The summed E-state index contributed by atoms with van der Waals surface area (Å²) in [5.74, 6) is 0.841. The molecule has 2 aliphatic rings. The molecular weight excluding hydrogens is 359 g/mol. The number of halogens is 1. The summed E-state index contributed by atoms with van der Waals surface area (Å²) in [5, 5.41) is 5.84. The van der Waals surface area contributed by atoms with E-state index in [0.717, 1.165) is 32.3 Å². The molecule has 1 aliphatic heterocycles. The van der Waals surface area contributed by atoms with Crippen molar-refractivity contribution in [1.82, 2.24) is 10.6 Å². The van der Waals surface area contributed by atoms with Crippen LogP contribution in [-0.2, 0) is 9.53 Å². The number of ether oxygens (including phenoxy) is 1. The van der Waals surface area contributed by atoms with Crippen molar-refractivity contribution >= 4 is 35.8 Å². The summed E-state index contributed by atoms with van der Waals surface area (Å²) in [5.41, 5.74) is 5.71. The minimum atomic E-state index is 0. The molecule has 0 radical (unpaired) electrons. The van der Waals surface area contributed by atoms with Crippen LogP contribution in [0.5, 0.6) is 0 Å². The summed E-state index contributed by atoms with van der Waals surface area (Å²) in [6.45, 7) is 2.65. The second-order valence-electron chi connectivity index (χ2n) is 4.85. The third-order valence-electron chi connectivity index (χ3n) is 3.17. The lowest BCUT2D eigenvalue weighted by Crippen LogP contribution is -2.39. The molecule has 1 heterocycles. The number of nitrogens with zero attached hydrogens (tertiary/aromatic N) is 1. The highest BCUT2D eigenvalue weighted by molar-refractivity contribution is 14.0. The number of carbonyl (C=O) groups excluding carboxylic acids is 1. The monoisotopic (exact) mass is 382 g/mol. The van der Waals surface area contributed by atoms with E-state index in [0.29, 0.717) is 25.6 Å². The molecule has 4 N–H and O–H groups in total. The lowest BCUT2D eigenvalue weighted by atomic mass is 10.2. The first-order valence-corrected chi connectivity index (χ1v) is 6.69. The molecule has 1 unspecified atom stereocenters.